The van der Waals surface area contributed by atoms with Crippen LogP contribution in [0.1, 0.15) is 50.2 Å². The zero-order valence-corrected chi connectivity index (χ0v) is 22.8. The molecule has 3 aliphatic heterocycles. The maximum absolute atomic E-state index is 13.4. The van der Waals surface area contributed by atoms with Gasteiger partial charge < -0.3 is 19.9 Å². The van der Waals surface area contributed by atoms with E-state index in [1.165, 1.54) is 4.90 Å². The van der Waals surface area contributed by atoms with E-state index < -0.39 is 0 Å². The molecule has 1 atom stereocenters. The van der Waals surface area contributed by atoms with Crippen LogP contribution in [0.4, 0.5) is 11.4 Å². The van der Waals surface area contributed by atoms with Crippen molar-refractivity contribution in [2.45, 2.75) is 37.8 Å². The molecular formula is C31H33N5O4. The Balaban J connectivity index is 1.27. The van der Waals surface area contributed by atoms with E-state index >= 15 is 0 Å². The van der Waals surface area contributed by atoms with Crippen LogP contribution in [-0.4, -0.2) is 78.2 Å². The number of carbonyl (C=O) groups excluding carboxylic acids is 2. The molecule has 2 amide bonds. The molecule has 3 aliphatic rings. The lowest BCUT2D eigenvalue weighted by atomic mass is 9.99. The SMILES string of the molecule is COC[C@H](Cc1ccccc1)Nc1cc[nH]c(=O)c1C1=Nc2cc3c(cc2C1)C(=O)N(C1CCN(C)CC1)C3=O. The van der Waals surface area contributed by atoms with Crippen LogP contribution in [0.2, 0.25) is 0 Å². The number of imide groups is 1. The molecule has 1 aromatic heterocycles. The van der Waals surface area contributed by atoms with E-state index in [2.05, 4.69) is 34.4 Å². The van der Waals surface area contributed by atoms with E-state index in [0.717, 1.165) is 43.5 Å². The Hall–Kier alpha value is -4.08. The molecular weight excluding hydrogens is 506 g/mol. The summed E-state index contributed by atoms with van der Waals surface area (Å²) in [6.45, 7) is 2.18. The van der Waals surface area contributed by atoms with Gasteiger partial charge in [0.15, 0.2) is 0 Å². The third-order valence-electron chi connectivity index (χ3n) is 8.09. The summed E-state index contributed by atoms with van der Waals surface area (Å²) in [7, 11) is 3.71. The minimum Gasteiger partial charge on any atom is -0.383 e. The van der Waals surface area contributed by atoms with Crippen LogP contribution >= 0.6 is 0 Å². The average molecular weight is 540 g/mol. The van der Waals surface area contributed by atoms with Crippen LogP contribution in [0.5, 0.6) is 0 Å². The predicted octanol–water partition coefficient (Wildman–Crippen LogP) is 3.41. The molecule has 2 aromatic carbocycles. The van der Waals surface area contributed by atoms with Gasteiger partial charge in [0.05, 0.1) is 46.4 Å². The quantitative estimate of drug-likeness (QED) is 0.425. The Bertz CT molecular complexity index is 1540. The second kappa shape index (κ2) is 10.8. The fraction of sp³-hybridized carbons (Fsp3) is 0.355. The Kier molecular flexibility index (Phi) is 7.08. The molecule has 6 rings (SSSR count). The third kappa shape index (κ3) is 4.87. The van der Waals surface area contributed by atoms with Gasteiger partial charge in [-0.2, -0.15) is 0 Å². The van der Waals surface area contributed by atoms with E-state index in [-0.39, 0.29) is 29.5 Å². The van der Waals surface area contributed by atoms with Crippen molar-refractivity contribution in [2.75, 3.05) is 39.2 Å². The van der Waals surface area contributed by atoms with Crippen molar-refractivity contribution in [3.8, 4) is 0 Å². The molecule has 0 bridgehead atoms. The summed E-state index contributed by atoms with van der Waals surface area (Å²) >= 11 is 0. The van der Waals surface area contributed by atoms with E-state index in [1.807, 2.05) is 24.3 Å². The van der Waals surface area contributed by atoms with E-state index in [1.54, 1.807) is 25.4 Å². The normalized spacial score (nSPS) is 18.1. The lowest BCUT2D eigenvalue weighted by molar-refractivity contribution is 0.0516. The van der Waals surface area contributed by atoms with Crippen molar-refractivity contribution in [1.29, 1.82) is 0 Å². The van der Waals surface area contributed by atoms with Crippen molar-refractivity contribution in [3.63, 3.8) is 0 Å². The standard InChI is InChI=1S/C31H33N5O4/c1-35-12-9-22(10-13-35)36-30(38)23-15-20-16-27(34-26(20)17-24(23)31(36)39)28-25(8-11-32-29(28)37)33-21(18-40-2)14-19-6-4-3-5-7-19/h3-8,11,15,17,21-22H,9-10,12-14,16,18H2,1-2H3,(H2,32,33,37)/t21-/m0/s1. The number of pyridine rings is 1. The van der Waals surface area contributed by atoms with E-state index in [0.29, 0.717) is 46.8 Å². The number of aliphatic imine (C=N–C) groups is 1. The number of amides is 2. The number of fused-ring (bicyclic) bond motifs is 2. The van der Waals surface area contributed by atoms with Crippen molar-refractivity contribution in [2.24, 2.45) is 4.99 Å². The lowest BCUT2D eigenvalue weighted by Gasteiger charge is -2.33. The molecule has 0 spiro atoms. The first-order valence-electron chi connectivity index (χ1n) is 13.7. The van der Waals surface area contributed by atoms with Gasteiger partial charge in [-0.05, 0) is 68.7 Å². The smallest absolute Gasteiger partial charge is 0.261 e. The summed E-state index contributed by atoms with van der Waals surface area (Å²) in [5.41, 5.74) is 4.94. The number of piperidine rings is 1. The number of anilines is 1. The fourth-order valence-electron chi connectivity index (χ4n) is 6.04. The first-order valence-corrected chi connectivity index (χ1v) is 13.7. The first kappa shape index (κ1) is 26.2. The van der Waals surface area contributed by atoms with Gasteiger partial charge in [-0.3, -0.25) is 24.3 Å². The molecule has 1 fully saturated rings. The monoisotopic (exact) mass is 539 g/mol. The number of ether oxygens (including phenoxy) is 1. The Morgan fingerprint density at radius 3 is 2.50 bits per heavy atom. The van der Waals surface area contributed by atoms with Crippen molar-refractivity contribution >= 4 is 28.9 Å². The van der Waals surface area contributed by atoms with Crippen LogP contribution in [0.25, 0.3) is 0 Å². The van der Waals surface area contributed by atoms with Crippen LogP contribution in [-0.2, 0) is 17.6 Å². The number of carbonyl (C=O) groups is 2. The first-order chi connectivity index (χ1) is 19.4. The second-order valence-electron chi connectivity index (χ2n) is 10.9. The number of likely N-dealkylation sites (tertiary alicyclic amines) is 1. The topological polar surface area (TPSA) is 107 Å². The molecule has 40 heavy (non-hydrogen) atoms. The number of nitrogens with zero attached hydrogens (tertiary/aromatic N) is 3. The zero-order valence-electron chi connectivity index (χ0n) is 22.8. The van der Waals surface area contributed by atoms with Crippen LogP contribution in [0.3, 0.4) is 0 Å². The number of nitrogens with one attached hydrogen (secondary N) is 2. The highest BCUT2D eigenvalue weighted by atomic mass is 16.5. The molecule has 9 heteroatoms. The molecule has 0 radical (unpaired) electrons. The molecule has 1 saturated heterocycles. The molecule has 0 unspecified atom stereocenters. The number of aromatic nitrogens is 1. The van der Waals surface area contributed by atoms with Gasteiger partial charge in [-0.25, -0.2) is 0 Å². The third-order valence-corrected chi connectivity index (χ3v) is 8.09. The number of hydrogen-bond acceptors (Lipinski definition) is 7. The number of aromatic amines is 1. The van der Waals surface area contributed by atoms with E-state index in [9.17, 15) is 14.4 Å². The molecule has 206 valence electrons. The van der Waals surface area contributed by atoms with Gasteiger partial charge in [0.1, 0.15) is 0 Å². The number of benzene rings is 2. The Morgan fingerprint density at radius 1 is 1.05 bits per heavy atom. The number of H-pyrrole nitrogens is 1. The highest BCUT2D eigenvalue weighted by molar-refractivity contribution is 6.22. The summed E-state index contributed by atoms with van der Waals surface area (Å²) in [5.74, 6) is -0.474. The molecule has 3 aromatic rings. The van der Waals surface area contributed by atoms with Gasteiger partial charge in [0.25, 0.3) is 17.4 Å². The highest BCUT2D eigenvalue weighted by Crippen LogP contribution is 2.37. The molecule has 0 aliphatic carbocycles. The maximum atomic E-state index is 13.4. The minimum atomic E-state index is -0.249. The number of rotatable bonds is 8. The number of methoxy groups -OCH3 is 1. The summed E-state index contributed by atoms with van der Waals surface area (Å²) in [6, 6.07) is 15.3. The largest absolute Gasteiger partial charge is 0.383 e. The molecule has 0 saturated carbocycles. The zero-order chi connectivity index (χ0) is 27.8. The summed E-state index contributed by atoms with van der Waals surface area (Å²) in [5, 5.41) is 3.50. The highest BCUT2D eigenvalue weighted by Gasteiger charge is 2.42. The summed E-state index contributed by atoms with van der Waals surface area (Å²) in [6.07, 6.45) is 4.30. The maximum Gasteiger partial charge on any atom is 0.261 e. The average Bonchev–Trinajstić information content (AvgIpc) is 3.46. The molecule has 2 N–H and O–H groups in total. The van der Waals surface area contributed by atoms with E-state index in [4.69, 9.17) is 9.73 Å². The summed E-state index contributed by atoms with van der Waals surface area (Å²) in [4.78, 5) is 51.0. The Morgan fingerprint density at radius 2 is 1.77 bits per heavy atom. The van der Waals surface area contributed by atoms with Crippen LogP contribution in [0.15, 0.2) is 64.5 Å². The minimum absolute atomic E-state index is 0.0677. The van der Waals surface area contributed by atoms with Crippen molar-refractivity contribution in [3.05, 3.63) is 92.9 Å². The van der Waals surface area contributed by atoms with Gasteiger partial charge in [-0.15, -0.1) is 0 Å². The van der Waals surface area contributed by atoms with Crippen LogP contribution < -0.4 is 10.9 Å². The molecule has 9 nitrogen and oxygen atoms in total. The molecule has 4 heterocycles. The van der Waals surface area contributed by atoms with Gasteiger partial charge >= 0.3 is 0 Å². The predicted molar refractivity (Wildman–Crippen MR) is 154 cm³/mol. The van der Waals surface area contributed by atoms with Crippen molar-refractivity contribution in [1.82, 2.24) is 14.8 Å². The van der Waals surface area contributed by atoms with Gasteiger partial charge in [-0.1, -0.05) is 30.3 Å². The second-order valence-corrected chi connectivity index (χ2v) is 10.9. The lowest BCUT2D eigenvalue weighted by Crippen LogP contribution is -2.46. The summed E-state index contributed by atoms with van der Waals surface area (Å²) < 4.78 is 5.47. The van der Waals surface area contributed by atoms with Crippen molar-refractivity contribution < 1.29 is 14.3 Å². The van der Waals surface area contributed by atoms with Gasteiger partial charge in [0, 0.05) is 25.8 Å². The number of hydrogen-bond donors (Lipinski definition) is 2. The Labute approximate surface area is 232 Å². The van der Waals surface area contributed by atoms with Crippen LogP contribution in [0, 0.1) is 0 Å². The fourth-order valence-corrected chi connectivity index (χ4v) is 6.04. The van der Waals surface area contributed by atoms with Gasteiger partial charge in [0.2, 0.25) is 0 Å².